The molecule has 0 radical (unpaired) electrons. The van der Waals surface area contributed by atoms with Gasteiger partial charge in [0.25, 0.3) is 0 Å². The third-order valence-corrected chi connectivity index (χ3v) is 4.20. The average Bonchev–Trinajstić information content (AvgIpc) is 2.99. The molecular formula is C17H23ClFN5O. The molecular weight excluding hydrogens is 345 g/mol. The number of urea groups is 1. The Bertz CT molecular complexity index is 667. The molecule has 2 aromatic rings. The van der Waals surface area contributed by atoms with Crippen LogP contribution in [-0.4, -0.2) is 58.3 Å². The Hall–Kier alpha value is -2.12. The molecule has 8 heteroatoms. The van der Waals surface area contributed by atoms with Crippen LogP contribution in [0.2, 0.25) is 0 Å². The molecule has 6 nitrogen and oxygen atoms in total. The van der Waals surface area contributed by atoms with Gasteiger partial charge < -0.3 is 10.2 Å². The van der Waals surface area contributed by atoms with Crippen molar-refractivity contribution in [2.45, 2.75) is 13.0 Å². The summed E-state index contributed by atoms with van der Waals surface area (Å²) in [6.45, 7) is 4.83. The summed E-state index contributed by atoms with van der Waals surface area (Å²) in [5.74, 6) is -0.415. The molecule has 1 aliphatic heterocycles. The maximum Gasteiger partial charge on any atom is 0.321 e. The standard InChI is InChI=1S/C17H22FN5O.ClH/c18-15-5-1-2-6-16(15)20-17(24)22-9-4-8-21(11-13-22)12-14-23-10-3-7-19-23;/h1-3,5-7,10H,4,8-9,11-14H2,(H,20,24);1H. The lowest BCUT2D eigenvalue weighted by atomic mass is 10.3. The van der Waals surface area contributed by atoms with Crippen molar-refractivity contribution in [3.8, 4) is 0 Å². The number of carbonyl (C=O) groups excluding carboxylic acids is 1. The van der Waals surface area contributed by atoms with Crippen molar-refractivity contribution in [1.29, 1.82) is 0 Å². The number of carbonyl (C=O) groups is 1. The first kappa shape index (κ1) is 19.2. The van der Waals surface area contributed by atoms with Gasteiger partial charge >= 0.3 is 6.03 Å². The molecule has 25 heavy (non-hydrogen) atoms. The SMILES string of the molecule is Cl.O=C(Nc1ccccc1F)N1CCCN(CCn2cccn2)CC1. The van der Waals surface area contributed by atoms with E-state index < -0.39 is 5.82 Å². The number of para-hydroxylation sites is 1. The number of hydrogen-bond acceptors (Lipinski definition) is 3. The van der Waals surface area contributed by atoms with Crippen molar-refractivity contribution in [3.63, 3.8) is 0 Å². The predicted octanol–water partition coefficient (Wildman–Crippen LogP) is 2.68. The fraction of sp³-hybridized carbons (Fsp3) is 0.412. The van der Waals surface area contributed by atoms with Crippen molar-refractivity contribution in [3.05, 3.63) is 48.5 Å². The summed E-state index contributed by atoms with van der Waals surface area (Å²) in [4.78, 5) is 16.4. The highest BCUT2D eigenvalue weighted by Gasteiger charge is 2.19. The number of rotatable bonds is 4. The normalized spacial score (nSPS) is 15.3. The summed E-state index contributed by atoms with van der Waals surface area (Å²) in [6, 6.07) is 7.90. The Balaban J connectivity index is 0.00000225. The highest BCUT2D eigenvalue weighted by molar-refractivity contribution is 5.89. The van der Waals surface area contributed by atoms with Crippen LogP contribution in [0, 0.1) is 5.82 Å². The van der Waals surface area contributed by atoms with E-state index in [2.05, 4.69) is 15.3 Å². The molecule has 1 aliphatic rings. The topological polar surface area (TPSA) is 53.4 Å². The Kier molecular flexibility index (Phi) is 7.21. The van der Waals surface area contributed by atoms with Crippen molar-refractivity contribution >= 4 is 24.1 Å². The molecule has 136 valence electrons. The van der Waals surface area contributed by atoms with Gasteiger partial charge in [-0.25, -0.2) is 9.18 Å². The molecule has 0 unspecified atom stereocenters. The van der Waals surface area contributed by atoms with Gasteiger partial charge in [0.1, 0.15) is 5.82 Å². The Morgan fingerprint density at radius 3 is 2.72 bits per heavy atom. The van der Waals surface area contributed by atoms with Crippen LogP contribution < -0.4 is 5.32 Å². The van der Waals surface area contributed by atoms with Crippen molar-refractivity contribution < 1.29 is 9.18 Å². The molecule has 3 rings (SSSR count). The zero-order valence-corrected chi connectivity index (χ0v) is 14.8. The monoisotopic (exact) mass is 367 g/mol. The molecule has 0 bridgehead atoms. The number of benzene rings is 1. The number of aromatic nitrogens is 2. The van der Waals surface area contributed by atoms with Gasteiger partial charge in [-0.2, -0.15) is 5.10 Å². The van der Waals surface area contributed by atoms with Gasteiger partial charge in [0.15, 0.2) is 0 Å². The maximum absolute atomic E-state index is 13.6. The van der Waals surface area contributed by atoms with Crippen LogP contribution in [0.3, 0.4) is 0 Å². The molecule has 1 saturated heterocycles. The van der Waals surface area contributed by atoms with Crippen LogP contribution in [0.1, 0.15) is 6.42 Å². The molecule has 0 spiro atoms. The number of halogens is 2. The molecule has 1 fully saturated rings. The fourth-order valence-corrected chi connectivity index (χ4v) is 2.83. The van der Waals surface area contributed by atoms with Gasteiger partial charge in [-0.1, -0.05) is 12.1 Å². The van der Waals surface area contributed by atoms with Crippen LogP contribution in [0.4, 0.5) is 14.9 Å². The maximum atomic E-state index is 13.6. The molecule has 1 aromatic heterocycles. The van der Waals surface area contributed by atoms with Crippen LogP contribution in [0.15, 0.2) is 42.7 Å². The summed E-state index contributed by atoms with van der Waals surface area (Å²) in [5, 5.41) is 6.86. The van der Waals surface area contributed by atoms with Crippen molar-refractivity contribution in [1.82, 2.24) is 19.6 Å². The molecule has 2 heterocycles. The van der Waals surface area contributed by atoms with Crippen LogP contribution in [0.5, 0.6) is 0 Å². The summed E-state index contributed by atoms with van der Waals surface area (Å²) >= 11 is 0. The first-order chi connectivity index (χ1) is 11.7. The van der Waals surface area contributed by atoms with Crippen molar-refractivity contribution in [2.24, 2.45) is 0 Å². The van der Waals surface area contributed by atoms with E-state index in [1.807, 2.05) is 16.9 Å². The van der Waals surface area contributed by atoms with E-state index in [1.54, 1.807) is 29.3 Å². The third-order valence-electron chi connectivity index (χ3n) is 4.20. The highest BCUT2D eigenvalue weighted by atomic mass is 35.5. The second kappa shape index (κ2) is 9.39. The van der Waals surface area contributed by atoms with E-state index in [-0.39, 0.29) is 24.1 Å². The Labute approximate surface area is 153 Å². The second-order valence-corrected chi connectivity index (χ2v) is 5.86. The van der Waals surface area contributed by atoms with Gasteiger partial charge in [-0.05, 0) is 31.2 Å². The third kappa shape index (κ3) is 5.44. The minimum absolute atomic E-state index is 0. The summed E-state index contributed by atoms with van der Waals surface area (Å²) in [5.41, 5.74) is 0.224. The first-order valence-electron chi connectivity index (χ1n) is 8.22. The lowest BCUT2D eigenvalue weighted by Crippen LogP contribution is -2.38. The predicted molar refractivity (Wildman–Crippen MR) is 97.5 cm³/mol. The zero-order valence-electron chi connectivity index (χ0n) is 14.0. The van der Waals surface area contributed by atoms with E-state index in [1.165, 1.54) is 6.07 Å². The number of hydrogen-bond donors (Lipinski definition) is 1. The lowest BCUT2D eigenvalue weighted by molar-refractivity contribution is 0.210. The molecule has 0 aliphatic carbocycles. The highest BCUT2D eigenvalue weighted by Crippen LogP contribution is 2.14. The fourth-order valence-electron chi connectivity index (χ4n) is 2.83. The molecule has 0 saturated carbocycles. The molecule has 1 N–H and O–H groups in total. The van der Waals surface area contributed by atoms with Gasteiger partial charge in [0.05, 0.1) is 12.2 Å². The smallest absolute Gasteiger partial charge is 0.321 e. The molecule has 2 amide bonds. The number of amides is 2. The summed E-state index contributed by atoms with van der Waals surface area (Å²) in [6.07, 6.45) is 4.63. The van der Waals surface area contributed by atoms with Gasteiger partial charge in [0, 0.05) is 38.6 Å². The van der Waals surface area contributed by atoms with Crippen LogP contribution >= 0.6 is 12.4 Å². The van der Waals surface area contributed by atoms with Gasteiger partial charge in [-0.15, -0.1) is 12.4 Å². The zero-order chi connectivity index (χ0) is 16.8. The number of nitrogens with one attached hydrogen (secondary N) is 1. The minimum atomic E-state index is -0.415. The van der Waals surface area contributed by atoms with E-state index in [4.69, 9.17) is 0 Å². The quantitative estimate of drug-likeness (QED) is 0.904. The molecule has 0 atom stereocenters. The largest absolute Gasteiger partial charge is 0.323 e. The summed E-state index contributed by atoms with van der Waals surface area (Å²) in [7, 11) is 0. The number of nitrogens with zero attached hydrogens (tertiary/aromatic N) is 4. The van der Waals surface area contributed by atoms with Crippen LogP contribution in [-0.2, 0) is 6.54 Å². The molecule has 1 aromatic carbocycles. The van der Waals surface area contributed by atoms with E-state index in [9.17, 15) is 9.18 Å². The number of anilines is 1. The Morgan fingerprint density at radius 1 is 1.12 bits per heavy atom. The van der Waals surface area contributed by atoms with Gasteiger partial charge in [-0.3, -0.25) is 9.58 Å². The second-order valence-electron chi connectivity index (χ2n) is 5.86. The average molecular weight is 368 g/mol. The van der Waals surface area contributed by atoms with Gasteiger partial charge in [0.2, 0.25) is 0 Å². The lowest BCUT2D eigenvalue weighted by Gasteiger charge is -2.22. The van der Waals surface area contributed by atoms with E-state index >= 15 is 0 Å². The first-order valence-corrected chi connectivity index (χ1v) is 8.22. The van der Waals surface area contributed by atoms with E-state index in [0.717, 1.165) is 32.6 Å². The van der Waals surface area contributed by atoms with E-state index in [0.29, 0.717) is 13.1 Å². The minimum Gasteiger partial charge on any atom is -0.323 e. The van der Waals surface area contributed by atoms with Crippen molar-refractivity contribution in [2.75, 3.05) is 38.0 Å². The van der Waals surface area contributed by atoms with Crippen LogP contribution in [0.25, 0.3) is 0 Å². The summed E-state index contributed by atoms with van der Waals surface area (Å²) < 4.78 is 15.6. The Morgan fingerprint density at radius 2 is 1.96 bits per heavy atom.